The van der Waals surface area contributed by atoms with E-state index in [1.807, 2.05) is 12.1 Å². The fourth-order valence-corrected chi connectivity index (χ4v) is 14.3. The van der Waals surface area contributed by atoms with Gasteiger partial charge in [0.25, 0.3) is 0 Å². The van der Waals surface area contributed by atoms with Gasteiger partial charge in [0, 0.05) is 33.2 Å². The Kier molecular flexibility index (Phi) is 8.72. The quantitative estimate of drug-likeness (QED) is 0.0804. The Balaban J connectivity index is 1.02. The van der Waals surface area contributed by atoms with E-state index in [-0.39, 0.29) is 5.82 Å². The van der Waals surface area contributed by atoms with Crippen LogP contribution in [-0.4, -0.2) is 12.6 Å². The first-order valence-corrected chi connectivity index (χ1v) is 22.5. The van der Waals surface area contributed by atoms with E-state index in [9.17, 15) is 4.39 Å². The molecule has 0 radical (unpaired) electrons. The number of hydrogen-bond donors (Lipinski definition) is 0. The molecule has 0 bridgehead atoms. The predicted molar refractivity (Wildman–Crippen MR) is 253 cm³/mol. The first-order chi connectivity index (χ1) is 29.7. The van der Waals surface area contributed by atoms with Crippen LogP contribution in [0, 0.1) is 5.82 Å². The van der Waals surface area contributed by atoms with Crippen molar-refractivity contribution in [2.24, 2.45) is 0 Å². The van der Waals surface area contributed by atoms with Crippen molar-refractivity contribution in [1.29, 1.82) is 0 Å². The van der Waals surface area contributed by atoms with Crippen LogP contribution in [0.15, 0.2) is 237 Å². The lowest BCUT2D eigenvalue weighted by molar-refractivity contribution is 0.627. The largest absolute Gasteiger partial charge is 0.310 e. The predicted octanol–water partition coefficient (Wildman–Crippen LogP) is 12.0. The second-order valence-electron chi connectivity index (χ2n) is 15.4. The highest BCUT2D eigenvalue weighted by Crippen LogP contribution is 2.46. The summed E-state index contributed by atoms with van der Waals surface area (Å²) < 4.78 is 16.3. The van der Waals surface area contributed by atoms with Crippen LogP contribution in [0.2, 0.25) is 0 Å². The third kappa shape index (κ3) is 5.76. The van der Waals surface area contributed by atoms with E-state index < -0.39 is 8.07 Å². The number of rotatable bonds is 9. The second-order valence-corrected chi connectivity index (χ2v) is 19.2. The van der Waals surface area contributed by atoms with Crippen molar-refractivity contribution >= 4 is 78.5 Å². The Morgan fingerprint density at radius 1 is 0.367 bits per heavy atom. The van der Waals surface area contributed by atoms with Crippen molar-refractivity contribution in [2.75, 3.05) is 4.90 Å². The maximum absolute atomic E-state index is 14.1. The fourth-order valence-electron chi connectivity index (χ4n) is 9.52. The molecule has 0 aliphatic rings. The van der Waals surface area contributed by atoms with Crippen molar-refractivity contribution in [3.8, 4) is 16.8 Å². The van der Waals surface area contributed by atoms with Crippen molar-refractivity contribution < 1.29 is 4.39 Å². The molecule has 0 unspecified atom stereocenters. The topological polar surface area (TPSA) is 8.17 Å². The lowest BCUT2D eigenvalue weighted by atomic mass is 9.99. The maximum atomic E-state index is 14.1. The Hall–Kier alpha value is -7.53. The zero-order valence-electron chi connectivity index (χ0n) is 32.8. The molecule has 11 aromatic rings. The van der Waals surface area contributed by atoms with Gasteiger partial charge in [-0.3, -0.25) is 0 Å². The summed E-state index contributed by atoms with van der Waals surface area (Å²) >= 11 is 0. The Bertz CT molecular complexity index is 3120. The third-order valence-corrected chi connectivity index (χ3v) is 17.0. The van der Waals surface area contributed by atoms with Gasteiger partial charge in [-0.25, -0.2) is 4.39 Å². The molecule has 10 aromatic carbocycles. The number of para-hydroxylation sites is 1. The third-order valence-electron chi connectivity index (χ3n) is 12.2. The van der Waals surface area contributed by atoms with Crippen LogP contribution in [0.25, 0.3) is 49.4 Å². The van der Waals surface area contributed by atoms with Crippen LogP contribution in [0.4, 0.5) is 21.5 Å². The molecule has 60 heavy (non-hydrogen) atoms. The minimum atomic E-state index is -2.61. The van der Waals surface area contributed by atoms with Crippen LogP contribution in [-0.2, 0) is 0 Å². The number of anilines is 3. The van der Waals surface area contributed by atoms with Crippen molar-refractivity contribution in [2.45, 2.75) is 0 Å². The van der Waals surface area contributed by atoms with Crippen LogP contribution in [0.3, 0.4) is 0 Å². The molecule has 1 aromatic heterocycles. The van der Waals surface area contributed by atoms with E-state index in [0.717, 1.165) is 44.7 Å². The van der Waals surface area contributed by atoms with Gasteiger partial charge in [0.15, 0.2) is 8.07 Å². The number of halogens is 1. The molecule has 1 heterocycles. The molecule has 2 nitrogen and oxygen atoms in total. The SMILES string of the molecule is Fc1ccc(-n2c3cccc4ccc5c(N(c6ccccc6)c6ccc(-c7ccc([Si](c8ccccc8)(c8ccccc8)c8ccccc8)cc7)cc6)ccc2c5c43)cc1. The lowest BCUT2D eigenvalue weighted by Gasteiger charge is -2.34. The van der Waals surface area contributed by atoms with Crippen molar-refractivity contribution in [3.63, 3.8) is 0 Å². The van der Waals surface area contributed by atoms with E-state index in [1.165, 1.54) is 54.6 Å². The second kappa shape index (κ2) is 14.7. The van der Waals surface area contributed by atoms with Crippen LogP contribution >= 0.6 is 0 Å². The van der Waals surface area contributed by atoms with Crippen LogP contribution in [0.5, 0.6) is 0 Å². The molecular weight excluding hydrogens is 748 g/mol. The van der Waals surface area contributed by atoms with Crippen molar-refractivity contribution in [3.05, 3.63) is 242 Å². The van der Waals surface area contributed by atoms with Gasteiger partial charge in [-0.05, 0) is 104 Å². The maximum Gasteiger partial charge on any atom is 0.179 e. The van der Waals surface area contributed by atoms with E-state index in [2.05, 4.69) is 222 Å². The van der Waals surface area contributed by atoms with Gasteiger partial charge in [-0.15, -0.1) is 0 Å². The minimum Gasteiger partial charge on any atom is -0.310 e. The number of hydrogen-bond acceptors (Lipinski definition) is 1. The zero-order chi connectivity index (χ0) is 40.0. The van der Waals surface area contributed by atoms with Gasteiger partial charge in [0.05, 0.1) is 16.7 Å². The molecule has 0 saturated heterocycles. The lowest BCUT2D eigenvalue weighted by Crippen LogP contribution is -2.74. The molecule has 0 atom stereocenters. The molecule has 284 valence electrons. The summed E-state index contributed by atoms with van der Waals surface area (Å²) in [5, 5.41) is 10.2. The number of benzene rings is 10. The summed E-state index contributed by atoms with van der Waals surface area (Å²) in [6.07, 6.45) is 0. The highest BCUT2D eigenvalue weighted by molar-refractivity contribution is 7.19. The van der Waals surface area contributed by atoms with Gasteiger partial charge in [-0.2, -0.15) is 0 Å². The monoisotopic (exact) mass is 786 g/mol. The molecule has 0 amide bonds. The summed E-state index contributed by atoms with van der Waals surface area (Å²) in [4.78, 5) is 2.36. The highest BCUT2D eigenvalue weighted by Gasteiger charge is 2.41. The Morgan fingerprint density at radius 2 is 0.867 bits per heavy atom. The molecule has 0 aliphatic carbocycles. The molecular formula is C56H39FN2Si. The molecule has 0 fully saturated rings. The van der Waals surface area contributed by atoms with E-state index in [1.54, 1.807) is 0 Å². The summed E-state index contributed by atoms with van der Waals surface area (Å²) in [7, 11) is -2.61. The molecule has 0 spiro atoms. The highest BCUT2D eigenvalue weighted by atomic mass is 28.3. The summed E-state index contributed by atoms with van der Waals surface area (Å²) in [5.74, 6) is -0.242. The van der Waals surface area contributed by atoms with Gasteiger partial charge in [0.2, 0.25) is 0 Å². The average Bonchev–Trinajstić information content (AvgIpc) is 3.66. The van der Waals surface area contributed by atoms with Crippen LogP contribution < -0.4 is 25.6 Å². The number of nitrogens with zero attached hydrogens (tertiary/aromatic N) is 2. The number of aromatic nitrogens is 1. The standard InChI is InChI=1S/C56H39FN2Si/c57-43-29-33-46(34-30-43)59-53-23-13-14-42-28-37-51-52(38-39-54(59)56(51)55(42)53)58(44-15-5-1-6-16-44)45-31-24-40(25-32-45)41-26-35-50(36-27-41)60(47-17-7-2-8-18-47,48-19-9-3-10-20-48)49-21-11-4-12-22-49/h1-39H. The molecule has 0 saturated carbocycles. The summed E-state index contributed by atoms with van der Waals surface area (Å²) in [5.41, 5.74) is 8.72. The Morgan fingerprint density at radius 3 is 1.45 bits per heavy atom. The molecule has 0 N–H and O–H groups in total. The smallest absolute Gasteiger partial charge is 0.179 e. The Labute approximate surface area is 350 Å². The minimum absolute atomic E-state index is 0.242. The first-order valence-electron chi connectivity index (χ1n) is 20.5. The summed E-state index contributed by atoms with van der Waals surface area (Å²) in [6.45, 7) is 0. The van der Waals surface area contributed by atoms with E-state index in [0.29, 0.717) is 0 Å². The van der Waals surface area contributed by atoms with Gasteiger partial charge >= 0.3 is 0 Å². The zero-order valence-corrected chi connectivity index (χ0v) is 33.8. The van der Waals surface area contributed by atoms with Gasteiger partial charge in [0.1, 0.15) is 5.82 Å². The van der Waals surface area contributed by atoms with Crippen LogP contribution in [0.1, 0.15) is 0 Å². The average molecular weight is 787 g/mol. The molecule has 4 heteroatoms. The van der Waals surface area contributed by atoms with Crippen molar-refractivity contribution in [1.82, 2.24) is 4.57 Å². The van der Waals surface area contributed by atoms with E-state index >= 15 is 0 Å². The molecule has 0 aliphatic heterocycles. The fraction of sp³-hybridized carbons (Fsp3) is 0. The summed E-state index contributed by atoms with van der Waals surface area (Å²) in [6, 6.07) is 84.3. The first kappa shape index (κ1) is 35.6. The normalized spacial score (nSPS) is 11.8. The van der Waals surface area contributed by atoms with E-state index in [4.69, 9.17) is 0 Å². The molecule has 11 rings (SSSR count). The van der Waals surface area contributed by atoms with Gasteiger partial charge < -0.3 is 9.47 Å². The van der Waals surface area contributed by atoms with Gasteiger partial charge in [-0.1, -0.05) is 170 Å².